The number of aromatic nitrogens is 2. The summed E-state index contributed by atoms with van der Waals surface area (Å²) >= 11 is 0. The average molecular weight is 235 g/mol. The Labute approximate surface area is 105 Å². The van der Waals surface area contributed by atoms with Gasteiger partial charge in [0.25, 0.3) is 0 Å². The Morgan fingerprint density at radius 3 is 2.67 bits per heavy atom. The second-order valence-electron chi connectivity index (χ2n) is 3.87. The molecule has 0 spiro atoms. The van der Waals surface area contributed by atoms with Crippen LogP contribution in [-0.4, -0.2) is 17.1 Å². The molecule has 0 unspecified atom stereocenters. The molecule has 1 aromatic carbocycles. The van der Waals surface area contributed by atoms with E-state index in [1.807, 2.05) is 42.5 Å². The molecule has 3 heteroatoms. The van der Waals surface area contributed by atoms with Crippen molar-refractivity contribution in [2.45, 2.75) is 0 Å². The van der Waals surface area contributed by atoms with Gasteiger partial charge in [-0.1, -0.05) is 30.3 Å². The Kier molecular flexibility index (Phi) is 2.65. The Morgan fingerprint density at radius 2 is 1.89 bits per heavy atom. The van der Waals surface area contributed by atoms with Crippen LogP contribution in [0.1, 0.15) is 0 Å². The fourth-order valence-electron chi connectivity index (χ4n) is 1.99. The third-order valence-electron chi connectivity index (χ3n) is 2.80. The van der Waals surface area contributed by atoms with E-state index in [1.54, 1.807) is 13.3 Å². The molecule has 0 atom stereocenters. The van der Waals surface area contributed by atoms with Gasteiger partial charge in [-0.2, -0.15) is 0 Å². The average Bonchev–Trinajstić information content (AvgIpc) is 2.47. The molecule has 0 saturated carbocycles. The predicted molar refractivity (Wildman–Crippen MR) is 70.4 cm³/mol. The van der Waals surface area contributed by atoms with Gasteiger partial charge in [-0.3, -0.25) is 4.98 Å². The van der Waals surface area contributed by atoms with E-state index in [2.05, 4.69) is 16.2 Å². The van der Waals surface area contributed by atoms with Gasteiger partial charge in [-0.25, -0.2) is 4.98 Å². The Hall–Kier alpha value is -2.42. The number of nitrogens with zero attached hydrogens (tertiary/aromatic N) is 2. The van der Waals surface area contributed by atoms with E-state index in [0.29, 0.717) is 5.88 Å². The number of hydrogen-bond donors (Lipinski definition) is 0. The van der Waals surface area contributed by atoms with Crippen molar-refractivity contribution in [1.29, 1.82) is 0 Å². The molecule has 0 aliphatic rings. The molecule has 0 aliphatic carbocycles. The van der Waals surface area contributed by atoms with E-state index in [-0.39, 0.29) is 0 Å². The van der Waals surface area contributed by atoms with E-state index in [0.717, 1.165) is 22.0 Å². The third-order valence-corrected chi connectivity index (χ3v) is 2.80. The molecule has 0 N–H and O–H groups in total. The molecule has 0 amide bonds. The molecule has 3 rings (SSSR count). The lowest BCUT2D eigenvalue weighted by Gasteiger charge is -2.09. The minimum absolute atomic E-state index is 0.549. The topological polar surface area (TPSA) is 35.0 Å². The molecule has 0 fully saturated rings. The van der Waals surface area contributed by atoms with Crippen LogP contribution in [0.4, 0.5) is 0 Å². The van der Waals surface area contributed by atoms with Crippen LogP contribution < -0.4 is 4.74 Å². The molecule has 0 bridgehead atoms. The molecule has 2 heterocycles. The quantitative estimate of drug-likeness (QED) is 0.684. The summed E-state index contributed by atoms with van der Waals surface area (Å²) in [5.74, 6) is 0.549. The van der Waals surface area contributed by atoms with Gasteiger partial charge in [0, 0.05) is 11.6 Å². The third kappa shape index (κ3) is 1.70. The van der Waals surface area contributed by atoms with E-state index in [9.17, 15) is 0 Å². The van der Waals surface area contributed by atoms with Crippen molar-refractivity contribution in [1.82, 2.24) is 9.97 Å². The van der Waals surface area contributed by atoms with Gasteiger partial charge in [0.2, 0.25) is 5.88 Å². The first kappa shape index (κ1) is 10.7. The van der Waals surface area contributed by atoms with Crippen molar-refractivity contribution in [3.63, 3.8) is 0 Å². The lowest BCUT2D eigenvalue weighted by molar-refractivity contribution is 0.400. The van der Waals surface area contributed by atoms with Crippen LogP contribution in [-0.2, 0) is 0 Å². The number of rotatable bonds is 2. The summed E-state index contributed by atoms with van der Waals surface area (Å²) in [6, 6.07) is 13.8. The standard InChI is InChI=1S/C15H11N2O/c1-18-15-14(13-8-4-5-9-16-13)12-7-3-2-6-11(12)10-17-15/h2-9H,1H3. The van der Waals surface area contributed by atoms with Crippen LogP contribution in [0, 0.1) is 6.20 Å². The maximum absolute atomic E-state index is 5.33. The van der Waals surface area contributed by atoms with Gasteiger partial charge in [0.1, 0.15) is 6.20 Å². The number of pyridine rings is 2. The fraction of sp³-hybridized carbons (Fsp3) is 0.0667. The van der Waals surface area contributed by atoms with Crippen molar-refractivity contribution in [2.75, 3.05) is 7.11 Å². The van der Waals surface area contributed by atoms with Gasteiger partial charge in [0.15, 0.2) is 0 Å². The molecule has 2 aromatic heterocycles. The van der Waals surface area contributed by atoms with Crippen molar-refractivity contribution in [2.24, 2.45) is 0 Å². The number of methoxy groups -OCH3 is 1. The van der Waals surface area contributed by atoms with E-state index < -0.39 is 0 Å². The van der Waals surface area contributed by atoms with Gasteiger partial charge >= 0.3 is 0 Å². The lowest BCUT2D eigenvalue weighted by Crippen LogP contribution is -1.94. The molecule has 1 radical (unpaired) electrons. The highest BCUT2D eigenvalue weighted by Gasteiger charge is 2.12. The van der Waals surface area contributed by atoms with E-state index in [4.69, 9.17) is 4.74 Å². The van der Waals surface area contributed by atoms with Crippen molar-refractivity contribution < 1.29 is 4.74 Å². The van der Waals surface area contributed by atoms with Gasteiger partial charge in [0.05, 0.1) is 18.4 Å². The largest absolute Gasteiger partial charge is 0.480 e. The molecule has 3 aromatic rings. The summed E-state index contributed by atoms with van der Waals surface area (Å²) < 4.78 is 5.33. The highest BCUT2D eigenvalue weighted by atomic mass is 16.5. The summed E-state index contributed by atoms with van der Waals surface area (Å²) in [5.41, 5.74) is 1.76. The van der Waals surface area contributed by atoms with Crippen LogP contribution in [0.2, 0.25) is 0 Å². The first-order valence-corrected chi connectivity index (χ1v) is 5.66. The summed E-state index contributed by atoms with van der Waals surface area (Å²) in [6.07, 6.45) is 4.74. The highest BCUT2D eigenvalue weighted by molar-refractivity contribution is 5.97. The Bertz CT molecular complexity index is 680. The van der Waals surface area contributed by atoms with Crippen molar-refractivity contribution >= 4 is 10.8 Å². The molecular formula is C15H11N2O. The number of benzene rings is 1. The summed E-state index contributed by atoms with van der Waals surface area (Å²) in [7, 11) is 1.61. The normalized spacial score (nSPS) is 10.5. The van der Waals surface area contributed by atoms with Crippen molar-refractivity contribution in [3.05, 3.63) is 54.9 Å². The molecule has 18 heavy (non-hydrogen) atoms. The second kappa shape index (κ2) is 4.45. The summed E-state index contributed by atoms with van der Waals surface area (Å²) in [6.45, 7) is 0. The maximum atomic E-state index is 5.33. The van der Waals surface area contributed by atoms with E-state index >= 15 is 0 Å². The van der Waals surface area contributed by atoms with Crippen LogP contribution >= 0.6 is 0 Å². The molecule has 87 valence electrons. The van der Waals surface area contributed by atoms with E-state index in [1.165, 1.54) is 0 Å². The Balaban J connectivity index is 2.38. The lowest BCUT2D eigenvalue weighted by atomic mass is 10.0. The molecule has 0 aliphatic heterocycles. The number of ether oxygens (including phenoxy) is 1. The second-order valence-corrected chi connectivity index (χ2v) is 3.87. The molecule has 0 saturated heterocycles. The minimum Gasteiger partial charge on any atom is -0.480 e. The SMILES string of the molecule is COc1n[c]c2ccccc2c1-c1ccccn1. The first-order chi connectivity index (χ1) is 8.90. The molecule has 3 nitrogen and oxygen atoms in total. The van der Waals surface area contributed by atoms with Crippen LogP contribution in [0.5, 0.6) is 5.88 Å². The Morgan fingerprint density at radius 1 is 1.06 bits per heavy atom. The zero-order valence-electron chi connectivity index (χ0n) is 9.92. The minimum atomic E-state index is 0.549. The van der Waals surface area contributed by atoms with Crippen LogP contribution in [0.25, 0.3) is 22.0 Å². The zero-order valence-corrected chi connectivity index (χ0v) is 9.92. The molecular weight excluding hydrogens is 224 g/mol. The van der Waals surface area contributed by atoms with Gasteiger partial charge in [-0.05, 0) is 17.5 Å². The van der Waals surface area contributed by atoms with Crippen molar-refractivity contribution in [3.8, 4) is 17.1 Å². The highest BCUT2D eigenvalue weighted by Crippen LogP contribution is 2.33. The smallest absolute Gasteiger partial charge is 0.223 e. The monoisotopic (exact) mass is 235 g/mol. The van der Waals surface area contributed by atoms with Crippen LogP contribution in [0.3, 0.4) is 0 Å². The van der Waals surface area contributed by atoms with Crippen LogP contribution in [0.15, 0.2) is 48.7 Å². The maximum Gasteiger partial charge on any atom is 0.223 e. The van der Waals surface area contributed by atoms with Gasteiger partial charge < -0.3 is 4.74 Å². The fourth-order valence-corrected chi connectivity index (χ4v) is 1.99. The zero-order chi connectivity index (χ0) is 12.4. The summed E-state index contributed by atoms with van der Waals surface area (Å²) in [5, 5.41) is 2.00. The number of fused-ring (bicyclic) bond motifs is 1. The van der Waals surface area contributed by atoms with Gasteiger partial charge in [-0.15, -0.1) is 0 Å². The number of hydrogen-bond acceptors (Lipinski definition) is 3. The predicted octanol–water partition coefficient (Wildman–Crippen LogP) is 3.11. The first-order valence-electron chi connectivity index (χ1n) is 5.66. The summed E-state index contributed by atoms with van der Waals surface area (Å²) in [4.78, 5) is 8.59.